The minimum absolute atomic E-state index is 0.0912. The SMILES string of the molecule is CC(C(=O)NC1CC1)N1CCCC(CC(=O)O)C1. The van der Waals surface area contributed by atoms with Crippen LogP contribution in [0.25, 0.3) is 0 Å². The third kappa shape index (κ3) is 3.70. The van der Waals surface area contributed by atoms with Crippen LogP contribution in [0.4, 0.5) is 0 Å². The molecule has 18 heavy (non-hydrogen) atoms. The lowest BCUT2D eigenvalue weighted by molar-refractivity contribution is -0.138. The van der Waals surface area contributed by atoms with Gasteiger partial charge in [-0.05, 0) is 45.1 Å². The summed E-state index contributed by atoms with van der Waals surface area (Å²) in [5.41, 5.74) is 0. The number of carbonyl (C=O) groups is 2. The van der Waals surface area contributed by atoms with Gasteiger partial charge in [0.1, 0.15) is 0 Å². The maximum absolute atomic E-state index is 12.0. The van der Waals surface area contributed by atoms with Crippen molar-refractivity contribution in [3.8, 4) is 0 Å². The van der Waals surface area contributed by atoms with Crippen LogP contribution in [0.3, 0.4) is 0 Å². The zero-order valence-corrected chi connectivity index (χ0v) is 10.9. The minimum atomic E-state index is -0.739. The highest BCUT2D eigenvalue weighted by Crippen LogP contribution is 2.23. The van der Waals surface area contributed by atoms with Gasteiger partial charge in [-0.15, -0.1) is 0 Å². The van der Waals surface area contributed by atoms with E-state index >= 15 is 0 Å². The molecule has 2 aliphatic rings. The van der Waals surface area contributed by atoms with Gasteiger partial charge < -0.3 is 10.4 Å². The van der Waals surface area contributed by atoms with Gasteiger partial charge in [0.05, 0.1) is 6.04 Å². The van der Waals surface area contributed by atoms with Crippen molar-refractivity contribution in [3.63, 3.8) is 0 Å². The Kier molecular flexibility index (Phi) is 4.22. The summed E-state index contributed by atoms with van der Waals surface area (Å²) in [7, 11) is 0. The summed E-state index contributed by atoms with van der Waals surface area (Å²) in [6.45, 7) is 3.54. The maximum Gasteiger partial charge on any atom is 0.303 e. The molecular formula is C13H22N2O3. The molecule has 0 aromatic carbocycles. The summed E-state index contributed by atoms with van der Waals surface area (Å²) < 4.78 is 0. The predicted octanol–water partition coefficient (Wildman–Crippen LogP) is 0.840. The van der Waals surface area contributed by atoms with Gasteiger partial charge >= 0.3 is 5.97 Å². The Bertz CT molecular complexity index is 328. The number of hydrogen-bond acceptors (Lipinski definition) is 3. The number of amides is 1. The Labute approximate surface area is 108 Å². The van der Waals surface area contributed by atoms with Gasteiger partial charge in [0.15, 0.2) is 0 Å². The molecule has 0 spiro atoms. The summed E-state index contributed by atoms with van der Waals surface area (Å²) >= 11 is 0. The highest BCUT2D eigenvalue weighted by molar-refractivity contribution is 5.81. The van der Waals surface area contributed by atoms with Crippen molar-refractivity contribution < 1.29 is 14.7 Å². The zero-order chi connectivity index (χ0) is 13.1. The predicted molar refractivity (Wildman–Crippen MR) is 67.2 cm³/mol. The Balaban J connectivity index is 1.82. The van der Waals surface area contributed by atoms with E-state index in [0.717, 1.165) is 38.8 Å². The molecule has 5 nitrogen and oxygen atoms in total. The van der Waals surface area contributed by atoms with Crippen molar-refractivity contribution >= 4 is 11.9 Å². The van der Waals surface area contributed by atoms with E-state index in [1.54, 1.807) is 0 Å². The normalized spacial score (nSPS) is 26.6. The van der Waals surface area contributed by atoms with E-state index in [2.05, 4.69) is 10.2 Å². The van der Waals surface area contributed by atoms with E-state index < -0.39 is 5.97 Å². The number of carbonyl (C=O) groups excluding carboxylic acids is 1. The second kappa shape index (κ2) is 5.69. The van der Waals surface area contributed by atoms with E-state index in [1.807, 2.05) is 6.92 Å². The Morgan fingerprint density at radius 3 is 2.72 bits per heavy atom. The van der Waals surface area contributed by atoms with E-state index in [1.165, 1.54) is 0 Å². The van der Waals surface area contributed by atoms with Gasteiger partial charge in [0.2, 0.25) is 5.91 Å². The molecule has 1 saturated heterocycles. The molecular weight excluding hydrogens is 232 g/mol. The largest absolute Gasteiger partial charge is 0.481 e. The standard InChI is InChI=1S/C13H22N2O3/c1-9(13(18)14-11-4-5-11)15-6-2-3-10(8-15)7-12(16)17/h9-11H,2-8H2,1H3,(H,14,18)(H,16,17). The summed E-state index contributed by atoms with van der Waals surface area (Å²) in [6, 6.07) is 0.252. The smallest absolute Gasteiger partial charge is 0.303 e. The van der Waals surface area contributed by atoms with Gasteiger partial charge in [-0.3, -0.25) is 14.5 Å². The average molecular weight is 254 g/mol. The number of nitrogens with one attached hydrogen (secondary N) is 1. The van der Waals surface area contributed by atoms with Gasteiger partial charge in [0, 0.05) is 19.0 Å². The number of piperidine rings is 1. The second-order valence-corrected chi connectivity index (χ2v) is 5.56. The molecule has 5 heteroatoms. The van der Waals surface area contributed by atoms with Gasteiger partial charge in [0.25, 0.3) is 0 Å². The summed E-state index contributed by atoms with van der Waals surface area (Å²) in [5.74, 6) is -0.460. The van der Waals surface area contributed by atoms with Crippen molar-refractivity contribution in [1.82, 2.24) is 10.2 Å². The summed E-state index contributed by atoms with van der Waals surface area (Å²) in [4.78, 5) is 24.8. The fraction of sp³-hybridized carbons (Fsp3) is 0.846. The first-order chi connectivity index (χ1) is 8.56. The monoisotopic (exact) mass is 254 g/mol. The lowest BCUT2D eigenvalue weighted by atomic mass is 9.94. The van der Waals surface area contributed by atoms with E-state index in [9.17, 15) is 9.59 Å². The molecule has 2 unspecified atom stereocenters. The van der Waals surface area contributed by atoms with Crippen LogP contribution < -0.4 is 5.32 Å². The van der Waals surface area contributed by atoms with Gasteiger partial charge in [-0.2, -0.15) is 0 Å². The highest BCUT2D eigenvalue weighted by Gasteiger charge is 2.31. The molecule has 0 aromatic heterocycles. The molecule has 2 N–H and O–H groups in total. The first-order valence-corrected chi connectivity index (χ1v) is 6.82. The molecule has 2 rings (SSSR count). The van der Waals surface area contributed by atoms with E-state index in [4.69, 9.17) is 5.11 Å². The number of likely N-dealkylation sites (tertiary alicyclic amines) is 1. The highest BCUT2D eigenvalue weighted by atomic mass is 16.4. The average Bonchev–Trinajstić information content (AvgIpc) is 3.11. The molecule has 2 fully saturated rings. The number of aliphatic carboxylic acids is 1. The van der Waals surface area contributed by atoms with Gasteiger partial charge in [-0.25, -0.2) is 0 Å². The molecule has 0 radical (unpaired) electrons. The molecule has 1 aliphatic heterocycles. The third-order valence-electron chi connectivity index (χ3n) is 3.86. The van der Waals surface area contributed by atoms with E-state index in [0.29, 0.717) is 6.04 Å². The fourth-order valence-electron chi connectivity index (χ4n) is 2.58. The lowest BCUT2D eigenvalue weighted by Crippen LogP contribution is -2.49. The van der Waals surface area contributed by atoms with E-state index in [-0.39, 0.29) is 24.3 Å². The zero-order valence-electron chi connectivity index (χ0n) is 10.9. The van der Waals surface area contributed by atoms with Crippen molar-refractivity contribution in [2.24, 2.45) is 5.92 Å². The molecule has 1 heterocycles. The lowest BCUT2D eigenvalue weighted by Gasteiger charge is -2.35. The van der Waals surface area contributed by atoms with Crippen LogP contribution >= 0.6 is 0 Å². The number of carboxylic acid groups (broad SMARTS) is 1. The third-order valence-corrected chi connectivity index (χ3v) is 3.86. The quantitative estimate of drug-likeness (QED) is 0.763. The second-order valence-electron chi connectivity index (χ2n) is 5.56. The molecule has 0 bridgehead atoms. The number of hydrogen-bond donors (Lipinski definition) is 2. The first-order valence-electron chi connectivity index (χ1n) is 6.82. The maximum atomic E-state index is 12.0. The summed E-state index contributed by atoms with van der Waals surface area (Å²) in [6.07, 6.45) is 4.35. The van der Waals surface area contributed by atoms with Gasteiger partial charge in [-0.1, -0.05) is 0 Å². The fourth-order valence-corrected chi connectivity index (χ4v) is 2.58. The first kappa shape index (κ1) is 13.3. The molecule has 1 amide bonds. The van der Waals surface area contributed by atoms with Crippen LogP contribution in [0, 0.1) is 5.92 Å². The number of carboxylic acids is 1. The van der Waals surface area contributed by atoms with Crippen molar-refractivity contribution in [2.45, 2.75) is 51.1 Å². The Hall–Kier alpha value is -1.10. The number of rotatable bonds is 5. The van der Waals surface area contributed by atoms with Crippen LogP contribution in [-0.4, -0.2) is 47.1 Å². The Morgan fingerprint density at radius 2 is 2.11 bits per heavy atom. The summed E-state index contributed by atoms with van der Waals surface area (Å²) in [5, 5.41) is 11.8. The molecule has 102 valence electrons. The van der Waals surface area contributed by atoms with Crippen LogP contribution in [-0.2, 0) is 9.59 Å². The molecule has 1 aliphatic carbocycles. The van der Waals surface area contributed by atoms with Crippen molar-refractivity contribution in [1.29, 1.82) is 0 Å². The molecule has 0 aromatic rings. The van der Waals surface area contributed by atoms with Crippen LogP contribution in [0.1, 0.15) is 39.0 Å². The van der Waals surface area contributed by atoms with Crippen LogP contribution in [0.5, 0.6) is 0 Å². The van der Waals surface area contributed by atoms with Crippen LogP contribution in [0.2, 0.25) is 0 Å². The van der Waals surface area contributed by atoms with Crippen molar-refractivity contribution in [2.75, 3.05) is 13.1 Å². The topological polar surface area (TPSA) is 69.6 Å². The molecule has 2 atom stereocenters. The minimum Gasteiger partial charge on any atom is -0.481 e. The Morgan fingerprint density at radius 1 is 1.39 bits per heavy atom. The molecule has 1 saturated carbocycles. The van der Waals surface area contributed by atoms with Crippen molar-refractivity contribution in [3.05, 3.63) is 0 Å². The number of nitrogens with zero attached hydrogens (tertiary/aromatic N) is 1. The van der Waals surface area contributed by atoms with Crippen LogP contribution in [0.15, 0.2) is 0 Å².